The first-order chi connectivity index (χ1) is 6.40. The van der Waals surface area contributed by atoms with Crippen LogP contribution < -0.4 is 0 Å². The molecule has 4 nitrogen and oxygen atoms in total. The van der Waals surface area contributed by atoms with Crippen molar-refractivity contribution in [2.45, 2.75) is 0 Å². The molecule has 2 aromatic rings. The molecule has 0 saturated carbocycles. The molecule has 0 saturated heterocycles. The van der Waals surface area contributed by atoms with Crippen molar-refractivity contribution in [3.63, 3.8) is 0 Å². The van der Waals surface area contributed by atoms with Gasteiger partial charge in [0.1, 0.15) is 6.26 Å². The molecule has 0 N–H and O–H groups in total. The van der Waals surface area contributed by atoms with Gasteiger partial charge in [-0.2, -0.15) is 0 Å². The maximum absolute atomic E-state index is 10.3. The van der Waals surface area contributed by atoms with Crippen LogP contribution in [0.3, 0.4) is 0 Å². The average molecular weight is 174 g/mol. The number of aldehydes is 1. The Morgan fingerprint density at radius 3 is 2.77 bits per heavy atom. The summed E-state index contributed by atoms with van der Waals surface area (Å²) in [5.41, 5.74) is 2.10. The van der Waals surface area contributed by atoms with Gasteiger partial charge in [0.25, 0.3) is 0 Å². The van der Waals surface area contributed by atoms with Gasteiger partial charge in [0.05, 0.1) is 17.5 Å². The molecular weight excluding hydrogens is 168 g/mol. The van der Waals surface area contributed by atoms with Crippen LogP contribution in [0.5, 0.6) is 0 Å². The van der Waals surface area contributed by atoms with E-state index in [1.54, 1.807) is 18.3 Å². The van der Waals surface area contributed by atoms with Crippen molar-refractivity contribution in [3.8, 4) is 11.3 Å². The van der Waals surface area contributed by atoms with Crippen LogP contribution in [0.15, 0.2) is 35.3 Å². The molecule has 0 aliphatic carbocycles. The van der Waals surface area contributed by atoms with Gasteiger partial charge in [-0.25, -0.2) is 0 Å². The average Bonchev–Trinajstić information content (AvgIpc) is 2.71. The minimum absolute atomic E-state index is 0.556. The van der Waals surface area contributed by atoms with Gasteiger partial charge >= 0.3 is 0 Å². The summed E-state index contributed by atoms with van der Waals surface area (Å²) in [6.45, 7) is 0. The van der Waals surface area contributed by atoms with Gasteiger partial charge in [-0.3, -0.25) is 9.78 Å². The summed E-state index contributed by atoms with van der Waals surface area (Å²) in [4.78, 5) is 14.4. The van der Waals surface area contributed by atoms with E-state index >= 15 is 0 Å². The normalized spacial score (nSPS) is 9.85. The lowest BCUT2D eigenvalue weighted by Gasteiger charge is -1.93. The largest absolute Gasteiger partial charge is 0.364 e. The molecule has 0 aliphatic heterocycles. The summed E-state index contributed by atoms with van der Waals surface area (Å²) in [6.07, 6.45) is 5.34. The van der Waals surface area contributed by atoms with Crippen molar-refractivity contribution in [1.82, 2.24) is 10.1 Å². The Hall–Kier alpha value is -1.97. The van der Waals surface area contributed by atoms with Crippen molar-refractivity contribution < 1.29 is 9.32 Å². The summed E-state index contributed by atoms with van der Waals surface area (Å²) in [5.74, 6) is 0. The molecular formula is C9H6N2O2. The second kappa shape index (κ2) is 3.18. The van der Waals surface area contributed by atoms with E-state index in [-0.39, 0.29) is 0 Å². The van der Waals surface area contributed by atoms with E-state index in [4.69, 9.17) is 0 Å². The van der Waals surface area contributed by atoms with E-state index in [1.165, 1.54) is 12.5 Å². The molecule has 0 aliphatic rings. The second-order valence-electron chi connectivity index (χ2n) is 2.51. The highest BCUT2D eigenvalue weighted by Crippen LogP contribution is 2.14. The van der Waals surface area contributed by atoms with E-state index in [2.05, 4.69) is 14.7 Å². The van der Waals surface area contributed by atoms with Gasteiger partial charge in [-0.15, -0.1) is 0 Å². The Bertz CT molecular complexity index is 392. The van der Waals surface area contributed by atoms with Gasteiger partial charge in [0.2, 0.25) is 0 Å². The molecule has 0 unspecified atom stereocenters. The Kier molecular flexibility index (Phi) is 1.88. The lowest BCUT2D eigenvalue weighted by molar-refractivity contribution is 0.112. The Labute approximate surface area is 74.2 Å². The molecule has 64 valence electrons. The topological polar surface area (TPSA) is 56.0 Å². The second-order valence-corrected chi connectivity index (χ2v) is 2.51. The van der Waals surface area contributed by atoms with Gasteiger partial charge < -0.3 is 4.52 Å². The third kappa shape index (κ3) is 1.46. The summed E-state index contributed by atoms with van der Waals surface area (Å²) in [5, 5.41) is 3.56. The molecule has 0 amide bonds. The molecule has 0 fully saturated rings. The zero-order valence-corrected chi connectivity index (χ0v) is 6.68. The fraction of sp³-hybridized carbons (Fsp3) is 0. The van der Waals surface area contributed by atoms with Crippen molar-refractivity contribution in [3.05, 3.63) is 36.4 Å². The zero-order chi connectivity index (χ0) is 9.10. The predicted molar refractivity (Wildman–Crippen MR) is 45.1 cm³/mol. The fourth-order valence-electron chi connectivity index (χ4n) is 0.977. The number of pyridine rings is 1. The third-order valence-electron chi connectivity index (χ3n) is 1.65. The highest BCUT2D eigenvalue weighted by atomic mass is 16.5. The number of hydrogen-bond acceptors (Lipinski definition) is 4. The first-order valence-corrected chi connectivity index (χ1v) is 3.71. The van der Waals surface area contributed by atoms with Gasteiger partial charge in [0, 0.05) is 11.8 Å². The standard InChI is InChI=1S/C9H6N2O2/c12-5-7-1-2-9(10-3-7)8-4-11-13-6-8/h1-6H. The molecule has 13 heavy (non-hydrogen) atoms. The molecule has 0 bridgehead atoms. The Balaban J connectivity index is 2.38. The number of carbonyl (C=O) groups excluding carboxylic acids is 1. The number of rotatable bonds is 2. The van der Waals surface area contributed by atoms with Gasteiger partial charge in [-0.05, 0) is 12.1 Å². The van der Waals surface area contributed by atoms with Gasteiger partial charge in [-0.1, -0.05) is 5.16 Å². The molecule has 2 heterocycles. The quantitative estimate of drug-likeness (QED) is 0.648. The highest BCUT2D eigenvalue weighted by molar-refractivity contribution is 5.75. The van der Waals surface area contributed by atoms with Crippen LogP contribution in [-0.2, 0) is 0 Å². The van der Waals surface area contributed by atoms with Crippen molar-refractivity contribution in [2.24, 2.45) is 0 Å². The van der Waals surface area contributed by atoms with Crippen LogP contribution in [0.1, 0.15) is 10.4 Å². The monoisotopic (exact) mass is 174 g/mol. The Morgan fingerprint density at radius 2 is 2.23 bits per heavy atom. The van der Waals surface area contributed by atoms with Crippen LogP contribution in [0.2, 0.25) is 0 Å². The zero-order valence-electron chi connectivity index (χ0n) is 6.68. The van der Waals surface area contributed by atoms with E-state index < -0.39 is 0 Å². The summed E-state index contributed by atoms with van der Waals surface area (Å²) < 4.78 is 4.67. The van der Waals surface area contributed by atoms with E-state index in [1.807, 2.05) is 0 Å². The minimum atomic E-state index is 0.556. The molecule has 0 aromatic carbocycles. The summed E-state index contributed by atoms with van der Waals surface area (Å²) >= 11 is 0. The summed E-state index contributed by atoms with van der Waals surface area (Å²) in [6, 6.07) is 3.44. The van der Waals surface area contributed by atoms with Crippen LogP contribution in [0.4, 0.5) is 0 Å². The molecule has 0 atom stereocenters. The summed E-state index contributed by atoms with van der Waals surface area (Å²) in [7, 11) is 0. The first-order valence-electron chi connectivity index (χ1n) is 3.71. The lowest BCUT2D eigenvalue weighted by atomic mass is 10.2. The first kappa shape index (κ1) is 7.67. The van der Waals surface area contributed by atoms with Crippen molar-refractivity contribution >= 4 is 6.29 Å². The van der Waals surface area contributed by atoms with Crippen molar-refractivity contribution in [2.75, 3.05) is 0 Å². The fourth-order valence-corrected chi connectivity index (χ4v) is 0.977. The third-order valence-corrected chi connectivity index (χ3v) is 1.65. The molecule has 4 heteroatoms. The van der Waals surface area contributed by atoms with Crippen LogP contribution >= 0.6 is 0 Å². The van der Waals surface area contributed by atoms with E-state index in [9.17, 15) is 4.79 Å². The minimum Gasteiger partial charge on any atom is -0.364 e. The molecule has 0 radical (unpaired) electrons. The molecule has 2 aromatic heterocycles. The van der Waals surface area contributed by atoms with Crippen LogP contribution in [0, 0.1) is 0 Å². The SMILES string of the molecule is O=Cc1ccc(-c2cnoc2)nc1. The maximum atomic E-state index is 10.3. The van der Waals surface area contributed by atoms with E-state index in [0.717, 1.165) is 17.5 Å². The smallest absolute Gasteiger partial charge is 0.151 e. The van der Waals surface area contributed by atoms with Crippen molar-refractivity contribution in [1.29, 1.82) is 0 Å². The maximum Gasteiger partial charge on any atom is 0.151 e. The highest BCUT2D eigenvalue weighted by Gasteiger charge is 2.00. The number of carbonyl (C=O) groups is 1. The molecule has 2 rings (SSSR count). The number of hydrogen-bond donors (Lipinski definition) is 0. The molecule has 0 spiro atoms. The Morgan fingerprint density at radius 1 is 1.31 bits per heavy atom. The number of aromatic nitrogens is 2. The lowest BCUT2D eigenvalue weighted by Crippen LogP contribution is -1.84. The number of nitrogens with zero attached hydrogens (tertiary/aromatic N) is 2. The van der Waals surface area contributed by atoms with Crippen LogP contribution in [-0.4, -0.2) is 16.4 Å². The van der Waals surface area contributed by atoms with E-state index in [0.29, 0.717) is 5.56 Å². The van der Waals surface area contributed by atoms with Gasteiger partial charge in [0.15, 0.2) is 6.29 Å². The predicted octanol–water partition coefficient (Wildman–Crippen LogP) is 1.55. The van der Waals surface area contributed by atoms with Crippen LogP contribution in [0.25, 0.3) is 11.3 Å².